The van der Waals surface area contributed by atoms with Crippen molar-refractivity contribution in [1.82, 2.24) is 4.48 Å². The summed E-state index contributed by atoms with van der Waals surface area (Å²) in [7, 11) is 6.49. The van der Waals surface area contributed by atoms with Gasteiger partial charge in [0.2, 0.25) is 0 Å². The van der Waals surface area contributed by atoms with Gasteiger partial charge in [-0.1, -0.05) is 0 Å². The van der Waals surface area contributed by atoms with Crippen LogP contribution in [-0.2, 0) is 0 Å². The molecule has 0 saturated heterocycles. The first-order valence-corrected chi connectivity index (χ1v) is 3.14. The third-order valence-electron chi connectivity index (χ3n) is 1.42. The molecule has 50 valence electrons. The summed E-state index contributed by atoms with van der Waals surface area (Å²) in [6.07, 6.45) is 0. The first kappa shape index (κ1) is 6.43. The molecule has 0 aliphatic carbocycles. The molecule has 0 aliphatic heterocycles. The summed E-state index contributed by atoms with van der Waals surface area (Å²) in [5, 5.41) is 0. The first-order chi connectivity index (χ1) is 4.11. The molecule has 0 aliphatic rings. The quantitative estimate of drug-likeness (QED) is 0.393. The summed E-state index contributed by atoms with van der Waals surface area (Å²) in [4.78, 5) is 0. The second kappa shape index (κ2) is 1.92. The SMILES string of the molecule is C[N+](C)(C)[c-]1cccc1. The number of hydrogen-bond acceptors (Lipinski definition) is 0. The van der Waals surface area contributed by atoms with Gasteiger partial charge in [0.25, 0.3) is 0 Å². The van der Waals surface area contributed by atoms with Crippen molar-refractivity contribution in [2.24, 2.45) is 0 Å². The van der Waals surface area contributed by atoms with Crippen molar-refractivity contribution in [2.45, 2.75) is 0 Å². The van der Waals surface area contributed by atoms with Gasteiger partial charge >= 0.3 is 0 Å². The van der Waals surface area contributed by atoms with Crippen LogP contribution in [0.3, 0.4) is 0 Å². The molecule has 0 N–H and O–H groups in total. The largest absolute Gasteiger partial charge is 0.347 e. The molecular weight excluding hydrogens is 110 g/mol. The van der Waals surface area contributed by atoms with E-state index in [0.717, 1.165) is 4.48 Å². The van der Waals surface area contributed by atoms with Gasteiger partial charge in [0.05, 0.1) is 21.1 Å². The van der Waals surface area contributed by atoms with Crippen molar-refractivity contribution in [3.63, 3.8) is 0 Å². The molecule has 0 unspecified atom stereocenters. The summed E-state index contributed by atoms with van der Waals surface area (Å²) in [5.74, 6) is 0. The van der Waals surface area contributed by atoms with Gasteiger partial charge in [0.1, 0.15) is 0 Å². The molecule has 0 aromatic heterocycles. The smallest absolute Gasteiger partial charge is 0.0631 e. The van der Waals surface area contributed by atoms with Gasteiger partial charge in [-0.05, 0) is 0 Å². The fourth-order valence-corrected chi connectivity index (χ4v) is 0.811. The minimum Gasteiger partial charge on any atom is -0.347 e. The molecular formula is C8H13N. The first-order valence-electron chi connectivity index (χ1n) is 3.14. The standard InChI is InChI=1S/C8H13N/c1-9(2,3)8-6-4-5-7-8/h4-7H,1-3H3. The van der Waals surface area contributed by atoms with Crippen molar-refractivity contribution in [1.29, 1.82) is 0 Å². The van der Waals surface area contributed by atoms with Gasteiger partial charge in [-0.2, -0.15) is 0 Å². The van der Waals surface area contributed by atoms with Gasteiger partial charge < -0.3 is 4.48 Å². The molecule has 1 aromatic carbocycles. The highest BCUT2D eigenvalue weighted by atomic mass is 15.3. The predicted molar refractivity (Wildman–Crippen MR) is 41.6 cm³/mol. The Morgan fingerprint density at radius 2 is 1.44 bits per heavy atom. The molecule has 9 heavy (non-hydrogen) atoms. The predicted octanol–water partition coefficient (Wildman–Crippen LogP) is 1.60. The molecule has 1 nitrogen and oxygen atoms in total. The van der Waals surface area contributed by atoms with Crippen molar-refractivity contribution < 1.29 is 0 Å². The maximum absolute atomic E-state index is 2.16. The van der Waals surface area contributed by atoms with E-state index in [2.05, 4.69) is 45.4 Å². The van der Waals surface area contributed by atoms with Crippen LogP contribution in [0.4, 0.5) is 5.69 Å². The van der Waals surface area contributed by atoms with Crippen molar-refractivity contribution in [2.75, 3.05) is 21.1 Å². The average molecular weight is 123 g/mol. The fraction of sp³-hybridized carbons (Fsp3) is 0.375. The molecule has 0 amide bonds. The highest BCUT2D eigenvalue weighted by Crippen LogP contribution is 2.15. The number of nitrogens with zero attached hydrogens (tertiary/aromatic N) is 1. The van der Waals surface area contributed by atoms with Crippen LogP contribution >= 0.6 is 0 Å². The Bertz CT molecular complexity index is 167. The molecule has 1 aromatic rings. The van der Waals surface area contributed by atoms with E-state index in [1.807, 2.05) is 0 Å². The van der Waals surface area contributed by atoms with Crippen LogP contribution in [0.25, 0.3) is 0 Å². The van der Waals surface area contributed by atoms with Gasteiger partial charge in [-0.3, -0.25) is 0 Å². The van der Waals surface area contributed by atoms with Crippen molar-refractivity contribution in [3.8, 4) is 0 Å². The van der Waals surface area contributed by atoms with Crippen LogP contribution in [0.5, 0.6) is 0 Å². The Hall–Kier alpha value is -0.690. The summed E-state index contributed by atoms with van der Waals surface area (Å²) >= 11 is 0. The zero-order valence-corrected chi connectivity index (χ0v) is 6.26. The molecule has 0 atom stereocenters. The van der Waals surface area contributed by atoms with E-state index in [9.17, 15) is 0 Å². The zero-order valence-electron chi connectivity index (χ0n) is 6.26. The van der Waals surface area contributed by atoms with Crippen LogP contribution in [0.15, 0.2) is 24.3 Å². The van der Waals surface area contributed by atoms with E-state index in [0.29, 0.717) is 0 Å². The van der Waals surface area contributed by atoms with Crippen molar-refractivity contribution in [3.05, 3.63) is 24.3 Å². The van der Waals surface area contributed by atoms with E-state index in [1.165, 1.54) is 5.69 Å². The second-order valence-corrected chi connectivity index (χ2v) is 3.16. The van der Waals surface area contributed by atoms with Crippen LogP contribution in [0.2, 0.25) is 0 Å². The van der Waals surface area contributed by atoms with E-state index in [4.69, 9.17) is 0 Å². The number of hydrogen-bond donors (Lipinski definition) is 0. The maximum atomic E-state index is 2.16. The third-order valence-corrected chi connectivity index (χ3v) is 1.42. The maximum Gasteiger partial charge on any atom is 0.0631 e. The Labute approximate surface area is 56.5 Å². The summed E-state index contributed by atoms with van der Waals surface area (Å²) < 4.78 is 0.910. The lowest BCUT2D eigenvalue weighted by Crippen LogP contribution is -2.34. The van der Waals surface area contributed by atoms with Crippen molar-refractivity contribution >= 4 is 5.69 Å². The summed E-state index contributed by atoms with van der Waals surface area (Å²) in [6, 6.07) is 8.41. The van der Waals surface area contributed by atoms with Gasteiger partial charge in [-0.15, -0.1) is 12.1 Å². The third kappa shape index (κ3) is 1.36. The van der Waals surface area contributed by atoms with Gasteiger partial charge in [0.15, 0.2) is 0 Å². The second-order valence-electron chi connectivity index (χ2n) is 3.16. The topological polar surface area (TPSA) is 0 Å². The Morgan fingerprint density at radius 3 is 1.67 bits per heavy atom. The summed E-state index contributed by atoms with van der Waals surface area (Å²) in [5.41, 5.74) is 1.36. The number of quaternary nitrogens is 1. The normalized spacial score (nSPS) is 11.9. The highest BCUT2D eigenvalue weighted by molar-refractivity contribution is 5.41. The molecule has 1 heteroatoms. The van der Waals surface area contributed by atoms with E-state index in [1.54, 1.807) is 0 Å². The Morgan fingerprint density at radius 1 is 1.00 bits per heavy atom. The molecule has 0 fully saturated rings. The lowest BCUT2D eigenvalue weighted by Gasteiger charge is -2.26. The zero-order chi connectivity index (χ0) is 6.91. The van der Waals surface area contributed by atoms with Crippen LogP contribution in [-0.4, -0.2) is 21.1 Å². The minimum atomic E-state index is 0.910. The molecule has 0 bridgehead atoms. The lowest BCUT2D eigenvalue weighted by atomic mass is 10.4. The molecule has 1 rings (SSSR count). The number of rotatable bonds is 1. The monoisotopic (exact) mass is 123 g/mol. The summed E-state index contributed by atoms with van der Waals surface area (Å²) in [6.45, 7) is 0. The minimum absolute atomic E-state index is 0.910. The molecule has 0 heterocycles. The average Bonchev–Trinajstić information content (AvgIpc) is 2.08. The van der Waals surface area contributed by atoms with E-state index in [-0.39, 0.29) is 0 Å². The molecule has 0 saturated carbocycles. The Balaban J connectivity index is 2.90. The fourth-order valence-electron chi connectivity index (χ4n) is 0.811. The van der Waals surface area contributed by atoms with Gasteiger partial charge in [-0.25, -0.2) is 12.1 Å². The van der Waals surface area contributed by atoms with Gasteiger partial charge in [0, 0.05) is 5.69 Å². The van der Waals surface area contributed by atoms with Crippen LogP contribution in [0, 0.1) is 0 Å². The highest BCUT2D eigenvalue weighted by Gasteiger charge is 2.02. The Kier molecular flexibility index (Phi) is 1.37. The van der Waals surface area contributed by atoms with Crippen LogP contribution in [0.1, 0.15) is 0 Å². The van der Waals surface area contributed by atoms with Crippen LogP contribution < -0.4 is 4.48 Å². The lowest BCUT2D eigenvalue weighted by molar-refractivity contribution is 0.487. The molecule has 0 spiro atoms. The van der Waals surface area contributed by atoms with E-state index >= 15 is 0 Å². The van der Waals surface area contributed by atoms with E-state index < -0.39 is 0 Å². The molecule has 0 radical (unpaired) electrons.